The Kier molecular flexibility index (Phi) is 7.54. The minimum Gasteiger partial charge on any atom is -0.481 e. The van der Waals surface area contributed by atoms with Crippen LogP contribution < -0.4 is 25.6 Å². The number of ether oxygens (including phenoxy) is 1. The molecule has 1 aliphatic rings. The van der Waals surface area contributed by atoms with E-state index in [1.807, 2.05) is 12.1 Å². The molecule has 1 aliphatic heterocycles. The van der Waals surface area contributed by atoms with Crippen molar-refractivity contribution < 1.29 is 9.53 Å². The minimum absolute atomic E-state index is 0.289. The van der Waals surface area contributed by atoms with Crippen molar-refractivity contribution in [3.63, 3.8) is 0 Å². The highest BCUT2D eigenvalue weighted by Crippen LogP contribution is 2.25. The zero-order chi connectivity index (χ0) is 23.8. The van der Waals surface area contributed by atoms with Gasteiger partial charge in [-0.1, -0.05) is 12.1 Å². The fourth-order valence-corrected chi connectivity index (χ4v) is 3.72. The summed E-state index contributed by atoms with van der Waals surface area (Å²) in [6.45, 7) is 6.16. The number of aromatic nitrogens is 3. The van der Waals surface area contributed by atoms with Crippen LogP contribution in [-0.2, 0) is 0 Å². The summed E-state index contributed by atoms with van der Waals surface area (Å²) >= 11 is 0. The second-order valence-electron chi connectivity index (χ2n) is 7.86. The van der Waals surface area contributed by atoms with Crippen LogP contribution in [0.25, 0.3) is 0 Å². The van der Waals surface area contributed by atoms with E-state index in [0.717, 1.165) is 18.8 Å². The van der Waals surface area contributed by atoms with Crippen LogP contribution >= 0.6 is 0 Å². The van der Waals surface area contributed by atoms with Gasteiger partial charge in [-0.15, -0.1) is 6.58 Å². The number of anilines is 5. The van der Waals surface area contributed by atoms with E-state index >= 15 is 0 Å². The number of amides is 1. The molecule has 3 aromatic rings. The molecular formula is C25H29N7O2. The summed E-state index contributed by atoms with van der Waals surface area (Å²) in [6, 6.07) is 13.5. The minimum atomic E-state index is -0.317. The molecule has 176 valence electrons. The van der Waals surface area contributed by atoms with Crippen LogP contribution in [0.15, 0.2) is 61.3 Å². The van der Waals surface area contributed by atoms with Crippen LogP contribution in [0.1, 0.15) is 29.6 Å². The van der Waals surface area contributed by atoms with Gasteiger partial charge >= 0.3 is 0 Å². The number of rotatable bonds is 9. The molecule has 9 nitrogen and oxygen atoms in total. The van der Waals surface area contributed by atoms with Crippen LogP contribution in [0.4, 0.5) is 29.0 Å². The summed E-state index contributed by atoms with van der Waals surface area (Å²) in [5, 5.41) is 9.08. The van der Waals surface area contributed by atoms with Crippen molar-refractivity contribution in [2.45, 2.75) is 19.3 Å². The molecule has 1 amide bonds. The Morgan fingerprint density at radius 2 is 1.88 bits per heavy atom. The Morgan fingerprint density at radius 3 is 2.62 bits per heavy atom. The molecule has 0 aliphatic carbocycles. The predicted molar refractivity (Wildman–Crippen MR) is 134 cm³/mol. The fraction of sp³-hybridized carbons (Fsp3) is 0.280. The van der Waals surface area contributed by atoms with Crippen molar-refractivity contribution in [2.24, 2.45) is 0 Å². The van der Waals surface area contributed by atoms with Gasteiger partial charge in [0.1, 0.15) is 17.2 Å². The molecule has 4 rings (SSSR count). The summed E-state index contributed by atoms with van der Waals surface area (Å²) in [5.74, 6) is 1.31. The molecule has 0 bridgehead atoms. The maximum Gasteiger partial charge on any atom is 0.256 e. The maximum absolute atomic E-state index is 12.6. The first-order chi connectivity index (χ1) is 16.7. The van der Waals surface area contributed by atoms with Crippen molar-refractivity contribution in [3.8, 4) is 5.88 Å². The molecule has 1 fully saturated rings. The second-order valence-corrected chi connectivity index (χ2v) is 7.86. The first-order valence-corrected chi connectivity index (χ1v) is 11.3. The zero-order valence-corrected chi connectivity index (χ0v) is 19.3. The van der Waals surface area contributed by atoms with Crippen LogP contribution in [0.3, 0.4) is 0 Å². The number of nitrogens with zero attached hydrogens (tertiary/aromatic N) is 4. The van der Waals surface area contributed by atoms with E-state index < -0.39 is 0 Å². The van der Waals surface area contributed by atoms with E-state index in [9.17, 15) is 4.79 Å². The summed E-state index contributed by atoms with van der Waals surface area (Å²) in [7, 11) is 1.55. The molecule has 9 heteroatoms. The molecule has 0 atom stereocenters. The number of piperidine rings is 1. The summed E-state index contributed by atoms with van der Waals surface area (Å²) < 4.78 is 5.19. The van der Waals surface area contributed by atoms with E-state index in [-0.39, 0.29) is 11.5 Å². The predicted octanol–water partition coefficient (Wildman–Crippen LogP) is 4.27. The first kappa shape index (κ1) is 23.0. The molecular weight excluding hydrogens is 430 g/mol. The van der Waals surface area contributed by atoms with Crippen LogP contribution in [0.5, 0.6) is 5.88 Å². The smallest absolute Gasteiger partial charge is 0.256 e. The molecule has 1 aromatic carbocycles. The van der Waals surface area contributed by atoms with Gasteiger partial charge in [0.2, 0.25) is 11.8 Å². The van der Waals surface area contributed by atoms with Gasteiger partial charge in [0.15, 0.2) is 0 Å². The van der Waals surface area contributed by atoms with Crippen molar-refractivity contribution in [2.75, 3.05) is 42.3 Å². The third kappa shape index (κ3) is 5.80. The number of nitrogens with one attached hydrogen (secondary N) is 3. The van der Waals surface area contributed by atoms with Crippen LogP contribution in [0, 0.1) is 0 Å². The normalized spacial score (nSPS) is 13.1. The van der Waals surface area contributed by atoms with Crippen LogP contribution in [-0.4, -0.2) is 47.6 Å². The SMILES string of the molecule is C=CCNC(=O)c1cnc(Nc2ccc(N3CCCCC3)cc2)nc1Nc1cccc(OC)n1. The fourth-order valence-electron chi connectivity index (χ4n) is 3.72. The average molecular weight is 460 g/mol. The molecule has 0 spiro atoms. The Bertz CT molecular complexity index is 1130. The van der Waals surface area contributed by atoms with Crippen molar-refractivity contribution in [1.82, 2.24) is 20.3 Å². The number of benzene rings is 1. The summed E-state index contributed by atoms with van der Waals surface area (Å²) in [5.41, 5.74) is 2.36. The van der Waals surface area contributed by atoms with Crippen molar-refractivity contribution >= 4 is 34.9 Å². The monoisotopic (exact) mass is 459 g/mol. The molecule has 3 N–H and O–H groups in total. The first-order valence-electron chi connectivity index (χ1n) is 11.3. The average Bonchev–Trinajstić information content (AvgIpc) is 2.88. The lowest BCUT2D eigenvalue weighted by Crippen LogP contribution is -2.29. The highest BCUT2D eigenvalue weighted by atomic mass is 16.5. The molecule has 0 saturated carbocycles. The Labute approximate surface area is 199 Å². The van der Waals surface area contributed by atoms with Gasteiger partial charge in [-0.2, -0.15) is 9.97 Å². The van der Waals surface area contributed by atoms with Gasteiger partial charge in [-0.25, -0.2) is 4.98 Å². The van der Waals surface area contributed by atoms with E-state index in [1.54, 1.807) is 31.4 Å². The standard InChI is InChI=1S/C25H29N7O2/c1-3-14-26-24(33)20-17-27-25(31-23(20)30-21-8-7-9-22(29-21)34-2)28-18-10-12-19(13-11-18)32-15-5-4-6-16-32/h3,7-13,17H,1,4-6,14-16H2,2H3,(H,26,33)(H2,27,28,29,30,31). The van der Waals surface area contributed by atoms with E-state index in [4.69, 9.17) is 4.74 Å². The number of methoxy groups -OCH3 is 1. The Morgan fingerprint density at radius 1 is 1.09 bits per heavy atom. The number of carbonyl (C=O) groups excluding carboxylic acids is 1. The van der Waals surface area contributed by atoms with Gasteiger partial charge in [-0.05, 0) is 49.6 Å². The largest absolute Gasteiger partial charge is 0.481 e. The van der Waals surface area contributed by atoms with E-state index in [2.05, 4.69) is 54.5 Å². The number of hydrogen-bond donors (Lipinski definition) is 3. The van der Waals surface area contributed by atoms with Gasteiger partial charge < -0.3 is 25.6 Å². The van der Waals surface area contributed by atoms with Gasteiger partial charge in [0.25, 0.3) is 5.91 Å². The molecule has 0 radical (unpaired) electrons. The number of hydrogen-bond acceptors (Lipinski definition) is 8. The highest BCUT2D eigenvalue weighted by Gasteiger charge is 2.16. The lowest BCUT2D eigenvalue weighted by atomic mass is 10.1. The Hall–Kier alpha value is -4.14. The molecule has 34 heavy (non-hydrogen) atoms. The number of carbonyl (C=O) groups is 1. The topological polar surface area (TPSA) is 104 Å². The lowest BCUT2D eigenvalue weighted by molar-refractivity contribution is 0.0958. The van der Waals surface area contributed by atoms with Crippen LogP contribution in [0.2, 0.25) is 0 Å². The Balaban J connectivity index is 1.55. The lowest BCUT2D eigenvalue weighted by Gasteiger charge is -2.28. The third-order valence-corrected chi connectivity index (χ3v) is 5.46. The molecule has 3 heterocycles. The van der Waals surface area contributed by atoms with Crippen molar-refractivity contribution in [3.05, 3.63) is 66.9 Å². The quantitative estimate of drug-likeness (QED) is 0.408. The molecule has 1 saturated heterocycles. The summed E-state index contributed by atoms with van der Waals surface area (Å²) in [6.07, 6.45) is 6.87. The summed E-state index contributed by atoms with van der Waals surface area (Å²) in [4.78, 5) is 28.3. The third-order valence-electron chi connectivity index (χ3n) is 5.46. The van der Waals surface area contributed by atoms with Gasteiger partial charge in [-0.3, -0.25) is 4.79 Å². The van der Waals surface area contributed by atoms with E-state index in [0.29, 0.717) is 30.0 Å². The molecule has 2 aromatic heterocycles. The van der Waals surface area contributed by atoms with Gasteiger partial charge in [0.05, 0.1) is 7.11 Å². The van der Waals surface area contributed by atoms with Gasteiger partial charge in [0, 0.05) is 43.3 Å². The molecule has 0 unspecified atom stereocenters. The van der Waals surface area contributed by atoms with E-state index in [1.165, 1.54) is 31.1 Å². The maximum atomic E-state index is 12.6. The zero-order valence-electron chi connectivity index (χ0n) is 19.3. The second kappa shape index (κ2) is 11.1. The number of pyridine rings is 1. The highest BCUT2D eigenvalue weighted by molar-refractivity contribution is 5.99. The van der Waals surface area contributed by atoms with Crippen molar-refractivity contribution in [1.29, 1.82) is 0 Å².